The maximum absolute atomic E-state index is 15.0. The van der Waals surface area contributed by atoms with E-state index >= 15 is 0 Å². The molecule has 4 nitrogen and oxygen atoms in total. The molecule has 41 heavy (non-hydrogen) atoms. The summed E-state index contributed by atoms with van der Waals surface area (Å²) in [5, 5.41) is 0. The van der Waals surface area contributed by atoms with E-state index in [1.54, 1.807) is 12.1 Å². The van der Waals surface area contributed by atoms with Crippen LogP contribution in [0.25, 0.3) is 5.57 Å². The molecule has 7 unspecified atom stereocenters. The number of ether oxygens (including phenoxy) is 2. The van der Waals surface area contributed by atoms with Crippen LogP contribution >= 0.6 is 0 Å². The highest BCUT2D eigenvalue weighted by molar-refractivity contribution is 5.90. The summed E-state index contributed by atoms with van der Waals surface area (Å²) in [7, 11) is 3.17. The molecule has 2 N–H and O–H groups in total. The number of fused-ring (bicyclic) bond motifs is 7. The molecule has 4 saturated carbocycles. The maximum Gasteiger partial charge on any atom is 0.340 e. The second-order valence-electron chi connectivity index (χ2n) is 15.8. The average Bonchev–Trinajstić information content (AvgIpc) is 3.30. The van der Waals surface area contributed by atoms with E-state index in [9.17, 15) is 9.18 Å². The SMILES string of the molecule is COC(=O)c1ccc(C2=CC[C@]3(C)C4CCC5C(CC[C@@]6(N)CCC(C(C)(C)OC)C56)C4CCC3C2(C)C)cc1F. The maximum atomic E-state index is 15.0. The lowest BCUT2D eigenvalue weighted by molar-refractivity contribution is -0.137. The molecular weight excluding hydrogens is 513 g/mol. The molecule has 0 radical (unpaired) electrons. The minimum Gasteiger partial charge on any atom is -0.465 e. The van der Waals surface area contributed by atoms with Crippen LogP contribution in [0.4, 0.5) is 4.39 Å². The van der Waals surface area contributed by atoms with Gasteiger partial charge in [-0.15, -0.1) is 0 Å². The predicted molar refractivity (Wildman–Crippen MR) is 162 cm³/mol. The first-order valence-electron chi connectivity index (χ1n) is 16.2. The molecule has 0 heterocycles. The zero-order chi connectivity index (χ0) is 29.5. The predicted octanol–water partition coefficient (Wildman–Crippen LogP) is 8.04. The molecular formula is C36H52FNO3. The zero-order valence-corrected chi connectivity index (χ0v) is 26.4. The topological polar surface area (TPSA) is 61.5 Å². The van der Waals surface area contributed by atoms with Crippen molar-refractivity contribution in [1.29, 1.82) is 0 Å². The summed E-state index contributed by atoms with van der Waals surface area (Å²) < 4.78 is 25.8. The van der Waals surface area contributed by atoms with Crippen LogP contribution in [0.2, 0.25) is 0 Å². The highest BCUT2D eigenvalue weighted by atomic mass is 19.1. The van der Waals surface area contributed by atoms with Gasteiger partial charge in [0.1, 0.15) is 5.82 Å². The van der Waals surface area contributed by atoms with E-state index in [-0.39, 0.29) is 27.5 Å². The fraction of sp³-hybridized carbons (Fsp3) is 0.750. The van der Waals surface area contributed by atoms with Crippen LogP contribution < -0.4 is 5.73 Å². The smallest absolute Gasteiger partial charge is 0.340 e. The molecule has 6 rings (SSSR count). The van der Waals surface area contributed by atoms with Crippen molar-refractivity contribution in [1.82, 2.24) is 0 Å². The number of benzene rings is 1. The van der Waals surface area contributed by atoms with E-state index < -0.39 is 11.8 Å². The number of nitrogens with two attached hydrogens (primary N) is 1. The normalized spacial score (nSPS) is 41.4. The first-order chi connectivity index (χ1) is 19.3. The molecule has 1 aromatic rings. The fourth-order valence-corrected chi connectivity index (χ4v) is 11.7. The first-order valence-corrected chi connectivity index (χ1v) is 16.2. The number of esters is 1. The summed E-state index contributed by atoms with van der Waals surface area (Å²) in [6.45, 7) is 11.9. The largest absolute Gasteiger partial charge is 0.465 e. The number of hydrogen-bond acceptors (Lipinski definition) is 4. The Labute approximate surface area is 247 Å². The van der Waals surface area contributed by atoms with Gasteiger partial charge in [-0.05, 0) is 147 Å². The number of methoxy groups -OCH3 is 2. The van der Waals surface area contributed by atoms with E-state index in [4.69, 9.17) is 15.2 Å². The van der Waals surface area contributed by atoms with E-state index in [1.807, 2.05) is 13.2 Å². The molecule has 9 atom stereocenters. The van der Waals surface area contributed by atoms with E-state index in [0.717, 1.165) is 42.1 Å². The average molecular weight is 566 g/mol. The number of allylic oxidation sites excluding steroid dienone is 2. The lowest BCUT2D eigenvalue weighted by atomic mass is 9.41. The van der Waals surface area contributed by atoms with Gasteiger partial charge >= 0.3 is 5.97 Å². The van der Waals surface area contributed by atoms with Crippen molar-refractivity contribution in [2.75, 3.05) is 14.2 Å². The van der Waals surface area contributed by atoms with Crippen molar-refractivity contribution in [3.63, 3.8) is 0 Å². The van der Waals surface area contributed by atoms with Crippen molar-refractivity contribution >= 4 is 11.5 Å². The third-order valence-corrected chi connectivity index (χ3v) is 13.7. The first kappa shape index (κ1) is 29.4. The van der Waals surface area contributed by atoms with Crippen LogP contribution in [0.5, 0.6) is 0 Å². The van der Waals surface area contributed by atoms with Gasteiger partial charge in [-0.3, -0.25) is 0 Å². The van der Waals surface area contributed by atoms with Crippen molar-refractivity contribution in [2.24, 2.45) is 58.0 Å². The Morgan fingerprint density at radius 2 is 1.68 bits per heavy atom. The molecule has 5 aliphatic carbocycles. The highest BCUT2D eigenvalue weighted by Gasteiger charge is 2.63. The van der Waals surface area contributed by atoms with Gasteiger partial charge < -0.3 is 15.2 Å². The minimum absolute atomic E-state index is 0.0000549. The summed E-state index contributed by atoms with van der Waals surface area (Å²) in [5.74, 6) is 3.51. The lowest BCUT2D eigenvalue weighted by Gasteiger charge is -2.64. The van der Waals surface area contributed by atoms with Crippen LogP contribution in [0.15, 0.2) is 24.3 Å². The number of halogens is 1. The molecule has 226 valence electrons. The molecule has 4 fully saturated rings. The van der Waals surface area contributed by atoms with Gasteiger partial charge in [0.15, 0.2) is 0 Å². The highest BCUT2D eigenvalue weighted by Crippen LogP contribution is 2.69. The second kappa shape index (κ2) is 9.91. The van der Waals surface area contributed by atoms with Crippen LogP contribution in [0.1, 0.15) is 108 Å². The molecule has 0 amide bonds. The van der Waals surface area contributed by atoms with Gasteiger partial charge in [0.25, 0.3) is 0 Å². The molecule has 5 heteroatoms. The Hall–Kier alpha value is -1.72. The number of carbonyl (C=O) groups is 1. The molecule has 0 saturated heterocycles. The van der Waals surface area contributed by atoms with Gasteiger partial charge in [0.2, 0.25) is 0 Å². The standard InChI is InChI=1S/C36H52FNO3/c1-33(2)26(21-8-9-25(29(37)20-21)32(39)40-6)15-17-35(5)27-12-10-24-22(23(27)11-13-30(33)35)14-18-36(38)19-16-28(31(24)36)34(3,4)41-7/h8-9,15,20,22-24,27-28,30-31H,10-14,16-19,38H2,1-7H3/t22?,23?,24?,27?,28?,30?,31?,35-,36-/m1/s1. The monoisotopic (exact) mass is 565 g/mol. The minimum atomic E-state index is -0.628. The van der Waals surface area contributed by atoms with Crippen molar-refractivity contribution < 1.29 is 18.7 Å². The summed E-state index contributed by atoms with van der Waals surface area (Å²) >= 11 is 0. The van der Waals surface area contributed by atoms with Crippen molar-refractivity contribution in [2.45, 2.75) is 104 Å². The quantitative estimate of drug-likeness (QED) is 0.375. The van der Waals surface area contributed by atoms with E-state index in [0.29, 0.717) is 17.8 Å². The number of rotatable bonds is 4. The van der Waals surface area contributed by atoms with E-state index in [2.05, 4.69) is 40.7 Å². The van der Waals surface area contributed by atoms with Gasteiger partial charge in [-0.2, -0.15) is 0 Å². The Bertz CT molecular complexity index is 1240. The summed E-state index contributed by atoms with van der Waals surface area (Å²) in [5.41, 5.74) is 9.39. The number of carbonyl (C=O) groups excluding carboxylic acids is 1. The molecule has 0 spiro atoms. The Morgan fingerprint density at radius 1 is 0.976 bits per heavy atom. The van der Waals surface area contributed by atoms with Gasteiger partial charge in [0.05, 0.1) is 18.3 Å². The molecule has 5 aliphatic rings. The Kier molecular flexibility index (Phi) is 7.09. The summed E-state index contributed by atoms with van der Waals surface area (Å²) in [4.78, 5) is 12.0. The third kappa shape index (κ3) is 4.30. The van der Waals surface area contributed by atoms with Crippen molar-refractivity contribution in [3.05, 3.63) is 41.2 Å². The molecule has 1 aromatic carbocycles. The molecule has 0 aromatic heterocycles. The van der Waals surface area contributed by atoms with Crippen LogP contribution in [0, 0.1) is 58.1 Å². The molecule has 0 bridgehead atoms. The zero-order valence-electron chi connectivity index (χ0n) is 26.4. The van der Waals surface area contributed by atoms with E-state index in [1.165, 1.54) is 57.6 Å². The summed E-state index contributed by atoms with van der Waals surface area (Å²) in [6.07, 6.45) is 13.4. The van der Waals surface area contributed by atoms with Gasteiger partial charge in [-0.25, -0.2) is 9.18 Å². The lowest BCUT2D eigenvalue weighted by Crippen LogP contribution is -2.61. The van der Waals surface area contributed by atoms with Crippen LogP contribution in [0.3, 0.4) is 0 Å². The van der Waals surface area contributed by atoms with Gasteiger partial charge in [0, 0.05) is 12.6 Å². The Morgan fingerprint density at radius 3 is 2.37 bits per heavy atom. The van der Waals surface area contributed by atoms with Crippen LogP contribution in [-0.2, 0) is 9.47 Å². The fourth-order valence-electron chi connectivity index (χ4n) is 11.7. The van der Waals surface area contributed by atoms with Crippen LogP contribution in [-0.4, -0.2) is 31.3 Å². The van der Waals surface area contributed by atoms with Gasteiger partial charge in [-0.1, -0.05) is 32.9 Å². The van der Waals surface area contributed by atoms with Crippen molar-refractivity contribution in [3.8, 4) is 0 Å². The molecule has 0 aliphatic heterocycles. The third-order valence-electron chi connectivity index (χ3n) is 13.7. The Balaban J connectivity index is 1.29. The summed E-state index contributed by atoms with van der Waals surface area (Å²) in [6, 6.07) is 5.03. The number of hydrogen-bond donors (Lipinski definition) is 1. The second-order valence-corrected chi connectivity index (χ2v) is 15.8.